The zero-order valence-corrected chi connectivity index (χ0v) is 19.5. The summed E-state index contributed by atoms with van der Waals surface area (Å²) in [7, 11) is -1.69. The second-order valence-electron chi connectivity index (χ2n) is 9.89. The van der Waals surface area contributed by atoms with Crippen molar-refractivity contribution in [3.63, 3.8) is 0 Å². The normalized spacial score (nSPS) is 21.0. The third-order valence-corrected chi connectivity index (χ3v) is 11.3. The number of nitrogens with zero attached hydrogens (tertiary/aromatic N) is 5. The van der Waals surface area contributed by atoms with Crippen molar-refractivity contribution in [3.8, 4) is 11.1 Å². The van der Waals surface area contributed by atoms with Gasteiger partial charge in [-0.15, -0.1) is 0 Å². The molecule has 156 valence electrons. The number of hydrogen-bond acceptors (Lipinski definition) is 4. The Kier molecular flexibility index (Phi) is 5.15. The number of fused-ring (bicyclic) bond motifs is 1. The molecular weight excluding hydrogens is 378 g/mol. The monoisotopic (exact) mass is 411 g/mol. The van der Waals surface area contributed by atoms with Gasteiger partial charge in [-0.1, -0.05) is 20.8 Å². The summed E-state index contributed by atoms with van der Waals surface area (Å²) in [6.45, 7) is 13.7. The van der Waals surface area contributed by atoms with Gasteiger partial charge in [0.1, 0.15) is 0 Å². The van der Waals surface area contributed by atoms with E-state index in [-0.39, 0.29) is 5.04 Å². The molecule has 1 aliphatic rings. The van der Waals surface area contributed by atoms with Crippen LogP contribution in [0.25, 0.3) is 16.8 Å². The summed E-state index contributed by atoms with van der Waals surface area (Å²) in [6, 6.07) is 2.54. The fourth-order valence-electron chi connectivity index (χ4n) is 3.94. The molecule has 3 heterocycles. The summed E-state index contributed by atoms with van der Waals surface area (Å²) in [6.07, 6.45) is 12.7. The van der Waals surface area contributed by atoms with E-state index in [1.807, 2.05) is 23.8 Å². The highest BCUT2D eigenvalue weighted by Gasteiger charge is 2.40. The lowest BCUT2D eigenvalue weighted by Crippen LogP contribution is -2.44. The van der Waals surface area contributed by atoms with E-state index in [0.29, 0.717) is 12.1 Å². The highest BCUT2D eigenvalue weighted by Crippen LogP contribution is 2.40. The van der Waals surface area contributed by atoms with Crippen LogP contribution in [0, 0.1) is 6.92 Å². The van der Waals surface area contributed by atoms with Gasteiger partial charge < -0.3 is 4.43 Å². The van der Waals surface area contributed by atoms with Crippen molar-refractivity contribution < 1.29 is 4.43 Å². The molecule has 0 atom stereocenters. The Morgan fingerprint density at radius 3 is 2.55 bits per heavy atom. The van der Waals surface area contributed by atoms with Gasteiger partial charge in [0.2, 0.25) is 0 Å². The number of hydrogen-bond donors (Lipinski definition) is 0. The molecule has 0 radical (unpaired) electrons. The quantitative estimate of drug-likeness (QED) is 0.539. The number of aryl methyl sites for hydroxylation is 1. The van der Waals surface area contributed by atoms with Gasteiger partial charge in [-0.05, 0) is 56.8 Å². The van der Waals surface area contributed by atoms with E-state index in [1.165, 1.54) is 0 Å². The van der Waals surface area contributed by atoms with E-state index in [0.717, 1.165) is 48.2 Å². The van der Waals surface area contributed by atoms with E-state index in [2.05, 4.69) is 60.9 Å². The minimum Gasteiger partial charge on any atom is -0.414 e. The van der Waals surface area contributed by atoms with E-state index >= 15 is 0 Å². The lowest BCUT2D eigenvalue weighted by Gasteiger charge is -2.41. The van der Waals surface area contributed by atoms with Crippen molar-refractivity contribution in [2.24, 2.45) is 0 Å². The molecule has 0 saturated heterocycles. The second kappa shape index (κ2) is 7.36. The average Bonchev–Trinajstić information content (AvgIpc) is 3.29. The molecule has 0 aliphatic heterocycles. The first-order valence-corrected chi connectivity index (χ1v) is 13.6. The fourth-order valence-corrected chi connectivity index (χ4v) is 5.36. The van der Waals surface area contributed by atoms with Crippen LogP contribution in [0.3, 0.4) is 0 Å². The molecule has 1 aliphatic carbocycles. The molecule has 0 aromatic carbocycles. The molecule has 4 rings (SSSR count). The molecule has 0 amide bonds. The van der Waals surface area contributed by atoms with E-state index in [1.54, 1.807) is 6.20 Å². The molecule has 0 unspecified atom stereocenters. The zero-order chi connectivity index (χ0) is 20.8. The molecule has 1 saturated carbocycles. The van der Waals surface area contributed by atoms with Crippen LogP contribution in [0.15, 0.2) is 30.9 Å². The summed E-state index contributed by atoms with van der Waals surface area (Å²) >= 11 is 0. The van der Waals surface area contributed by atoms with E-state index < -0.39 is 8.32 Å². The Balaban J connectivity index is 1.44. The Morgan fingerprint density at radius 2 is 1.86 bits per heavy atom. The summed E-state index contributed by atoms with van der Waals surface area (Å²) in [5.41, 5.74) is 4.06. The van der Waals surface area contributed by atoms with Gasteiger partial charge in [-0.3, -0.25) is 4.68 Å². The second-order valence-corrected chi connectivity index (χ2v) is 14.6. The molecule has 0 bridgehead atoms. The average molecular weight is 412 g/mol. The predicted molar refractivity (Wildman–Crippen MR) is 119 cm³/mol. The van der Waals surface area contributed by atoms with Crippen molar-refractivity contribution in [2.45, 2.75) is 83.7 Å². The van der Waals surface area contributed by atoms with Crippen LogP contribution in [0.2, 0.25) is 18.1 Å². The van der Waals surface area contributed by atoms with Gasteiger partial charge in [0.05, 0.1) is 17.9 Å². The van der Waals surface area contributed by atoms with Crippen molar-refractivity contribution in [1.29, 1.82) is 0 Å². The van der Waals surface area contributed by atoms with Gasteiger partial charge in [0, 0.05) is 35.8 Å². The Morgan fingerprint density at radius 1 is 1.14 bits per heavy atom. The Hall–Kier alpha value is -1.99. The van der Waals surface area contributed by atoms with Gasteiger partial charge in [0.25, 0.3) is 0 Å². The largest absolute Gasteiger partial charge is 0.414 e. The van der Waals surface area contributed by atoms with Crippen molar-refractivity contribution in [2.75, 3.05) is 0 Å². The van der Waals surface area contributed by atoms with E-state index in [9.17, 15) is 0 Å². The Bertz CT molecular complexity index is 992. The lowest BCUT2D eigenvalue weighted by molar-refractivity contribution is 0.115. The number of rotatable bonds is 4. The van der Waals surface area contributed by atoms with Crippen LogP contribution in [-0.4, -0.2) is 38.8 Å². The molecule has 29 heavy (non-hydrogen) atoms. The highest BCUT2D eigenvalue weighted by molar-refractivity contribution is 6.74. The Labute approximate surface area is 174 Å². The topological polar surface area (TPSA) is 57.2 Å². The first-order valence-electron chi connectivity index (χ1n) is 10.7. The van der Waals surface area contributed by atoms with Crippen molar-refractivity contribution in [3.05, 3.63) is 36.5 Å². The molecule has 6 nitrogen and oxygen atoms in total. The molecule has 0 N–H and O–H groups in total. The van der Waals surface area contributed by atoms with Gasteiger partial charge in [0.15, 0.2) is 14.0 Å². The van der Waals surface area contributed by atoms with Crippen molar-refractivity contribution in [1.82, 2.24) is 24.4 Å². The van der Waals surface area contributed by atoms with Crippen LogP contribution in [0.4, 0.5) is 0 Å². The number of aromatic nitrogens is 5. The van der Waals surface area contributed by atoms with Crippen LogP contribution in [-0.2, 0) is 4.43 Å². The maximum absolute atomic E-state index is 6.64. The standard InChI is InChI=1S/C22H33N5OSi/c1-16-20(13-21-23-11-12-26(21)25-16)17-14-24-27(15-17)18-7-9-19(10-8-18)28-29(5,6)22(2,3)4/h11-15,18-19H,7-10H2,1-6H3. The number of imidazole rings is 1. The molecule has 3 aromatic heterocycles. The maximum Gasteiger partial charge on any atom is 0.192 e. The zero-order valence-electron chi connectivity index (χ0n) is 18.5. The van der Waals surface area contributed by atoms with Crippen LogP contribution < -0.4 is 0 Å². The summed E-state index contributed by atoms with van der Waals surface area (Å²) in [4.78, 5) is 4.36. The molecule has 0 spiro atoms. The fraction of sp³-hybridized carbons (Fsp3) is 0.591. The molecule has 3 aromatic rings. The molecule has 7 heteroatoms. The lowest BCUT2D eigenvalue weighted by atomic mass is 9.93. The van der Waals surface area contributed by atoms with Crippen LogP contribution in [0.1, 0.15) is 58.2 Å². The third kappa shape index (κ3) is 4.03. The highest BCUT2D eigenvalue weighted by atomic mass is 28.4. The summed E-state index contributed by atoms with van der Waals surface area (Å²) in [5.74, 6) is 0. The minimum atomic E-state index is -1.69. The van der Waals surface area contributed by atoms with Crippen LogP contribution in [0.5, 0.6) is 0 Å². The third-order valence-electron chi connectivity index (χ3n) is 6.77. The maximum atomic E-state index is 6.64. The molecule has 1 fully saturated rings. The minimum absolute atomic E-state index is 0.266. The summed E-state index contributed by atoms with van der Waals surface area (Å²) < 4.78 is 10.6. The first-order chi connectivity index (χ1) is 13.6. The van der Waals surface area contributed by atoms with Crippen LogP contribution >= 0.6 is 0 Å². The van der Waals surface area contributed by atoms with E-state index in [4.69, 9.17) is 9.52 Å². The van der Waals surface area contributed by atoms with Gasteiger partial charge in [-0.2, -0.15) is 10.2 Å². The summed E-state index contributed by atoms with van der Waals surface area (Å²) in [5, 5.41) is 9.56. The van der Waals surface area contributed by atoms with Gasteiger partial charge >= 0.3 is 0 Å². The SMILES string of the molecule is Cc1nn2ccnc2cc1-c1cnn(C2CCC(O[Si](C)(C)C(C)(C)C)CC2)c1. The van der Waals surface area contributed by atoms with Gasteiger partial charge in [-0.25, -0.2) is 9.50 Å². The van der Waals surface area contributed by atoms with Crippen molar-refractivity contribution >= 4 is 14.0 Å². The predicted octanol–water partition coefficient (Wildman–Crippen LogP) is 5.41. The first kappa shape index (κ1) is 20.3. The molecular formula is C22H33N5OSi. The smallest absolute Gasteiger partial charge is 0.192 e.